The van der Waals surface area contributed by atoms with Crippen LogP contribution in [0, 0.1) is 12.7 Å². The van der Waals surface area contributed by atoms with E-state index in [1.165, 1.54) is 12.1 Å². The van der Waals surface area contributed by atoms with Gasteiger partial charge in [0.1, 0.15) is 11.6 Å². The quantitative estimate of drug-likeness (QED) is 0.763. The molecule has 1 heterocycles. The van der Waals surface area contributed by atoms with Gasteiger partial charge in [0.15, 0.2) is 0 Å². The molecule has 0 saturated carbocycles. The average Bonchev–Trinajstić information content (AvgIpc) is 2.30. The zero-order chi connectivity index (χ0) is 12.4. The fourth-order valence-corrected chi connectivity index (χ4v) is 1.89. The predicted molar refractivity (Wildman–Crippen MR) is 70.8 cm³/mol. The number of hydrogen-bond donors (Lipinski definition) is 0. The van der Waals surface area contributed by atoms with Gasteiger partial charge in [-0.1, -0.05) is 0 Å². The fraction of sp³-hybridized carbons (Fsp3) is 0.0833. The molecule has 0 amide bonds. The van der Waals surface area contributed by atoms with Gasteiger partial charge in [0, 0.05) is 12.3 Å². The molecule has 0 N–H and O–H groups in total. The van der Waals surface area contributed by atoms with Crippen LogP contribution in [0.5, 0.6) is 11.6 Å². The Morgan fingerprint density at radius 2 is 2.00 bits per heavy atom. The summed E-state index contributed by atoms with van der Waals surface area (Å²) in [5.41, 5.74) is 1.00. The first-order valence-electron chi connectivity index (χ1n) is 4.82. The third-order valence-corrected chi connectivity index (χ3v) is 3.77. The van der Waals surface area contributed by atoms with Crippen molar-refractivity contribution in [2.24, 2.45) is 0 Å². The average molecular weight is 361 g/mol. The third-order valence-electron chi connectivity index (χ3n) is 2.15. The first-order chi connectivity index (χ1) is 8.08. The second-order valence-corrected chi connectivity index (χ2v) is 5.07. The molecular weight excluding hydrogens is 353 g/mol. The molecule has 17 heavy (non-hydrogen) atoms. The fourth-order valence-electron chi connectivity index (χ4n) is 1.25. The summed E-state index contributed by atoms with van der Waals surface area (Å²) >= 11 is 6.68. The lowest BCUT2D eigenvalue weighted by molar-refractivity contribution is 0.451. The van der Waals surface area contributed by atoms with Crippen LogP contribution in [-0.4, -0.2) is 4.98 Å². The summed E-state index contributed by atoms with van der Waals surface area (Å²) in [6, 6.07) is 6.11. The second kappa shape index (κ2) is 5.14. The zero-order valence-corrected chi connectivity index (χ0v) is 12.0. The van der Waals surface area contributed by atoms with Crippen molar-refractivity contribution in [2.75, 3.05) is 0 Å². The lowest BCUT2D eigenvalue weighted by atomic mass is 10.3. The van der Waals surface area contributed by atoms with Gasteiger partial charge in [0.05, 0.1) is 8.95 Å². The minimum Gasteiger partial charge on any atom is -0.437 e. The molecule has 0 bridgehead atoms. The van der Waals surface area contributed by atoms with Gasteiger partial charge >= 0.3 is 0 Å². The molecular formula is C12H8Br2FNO. The number of rotatable bonds is 2. The first-order valence-corrected chi connectivity index (χ1v) is 6.40. The molecule has 0 radical (unpaired) electrons. The van der Waals surface area contributed by atoms with Gasteiger partial charge < -0.3 is 4.74 Å². The molecule has 0 aliphatic heterocycles. The number of aryl methyl sites for hydroxylation is 1. The van der Waals surface area contributed by atoms with Crippen LogP contribution in [0.15, 0.2) is 39.4 Å². The molecule has 88 valence electrons. The lowest BCUT2D eigenvalue weighted by Gasteiger charge is -2.09. The molecule has 0 saturated heterocycles. The largest absolute Gasteiger partial charge is 0.437 e. The molecule has 2 nitrogen and oxygen atoms in total. The molecule has 0 spiro atoms. The Kier molecular flexibility index (Phi) is 3.79. The van der Waals surface area contributed by atoms with Crippen molar-refractivity contribution in [2.45, 2.75) is 6.92 Å². The molecule has 2 aromatic rings. The smallest absolute Gasteiger partial charge is 0.233 e. The summed E-state index contributed by atoms with van der Waals surface area (Å²) in [6.45, 7) is 1.93. The van der Waals surface area contributed by atoms with E-state index in [2.05, 4.69) is 36.8 Å². The maximum absolute atomic E-state index is 13.1. The monoisotopic (exact) mass is 359 g/mol. The lowest BCUT2D eigenvalue weighted by Crippen LogP contribution is -1.92. The van der Waals surface area contributed by atoms with E-state index in [0.29, 0.717) is 16.1 Å². The molecule has 5 heteroatoms. The summed E-state index contributed by atoms with van der Waals surface area (Å²) in [5, 5.41) is 0. The van der Waals surface area contributed by atoms with Crippen molar-refractivity contribution in [3.05, 3.63) is 50.8 Å². The maximum atomic E-state index is 13.1. The number of benzene rings is 1. The molecule has 0 unspecified atom stereocenters. The maximum Gasteiger partial charge on any atom is 0.233 e. The highest BCUT2D eigenvalue weighted by Crippen LogP contribution is 2.33. The molecule has 0 aliphatic carbocycles. The Morgan fingerprint density at radius 1 is 1.24 bits per heavy atom. The summed E-state index contributed by atoms with van der Waals surface area (Å²) in [6.07, 6.45) is 1.64. The molecule has 0 fully saturated rings. The summed E-state index contributed by atoms with van der Waals surface area (Å²) in [4.78, 5) is 4.09. The molecule has 1 aromatic carbocycles. The number of nitrogens with zero attached hydrogens (tertiary/aromatic N) is 1. The van der Waals surface area contributed by atoms with E-state index >= 15 is 0 Å². The second-order valence-electron chi connectivity index (χ2n) is 3.42. The highest BCUT2D eigenvalue weighted by atomic mass is 79.9. The van der Waals surface area contributed by atoms with Crippen molar-refractivity contribution >= 4 is 31.9 Å². The van der Waals surface area contributed by atoms with Crippen LogP contribution in [0.3, 0.4) is 0 Å². The topological polar surface area (TPSA) is 22.1 Å². The van der Waals surface area contributed by atoms with Crippen LogP contribution in [0.25, 0.3) is 0 Å². The SMILES string of the molecule is Cc1ccnc(Oc2cc(F)ccc2Br)c1Br. The van der Waals surface area contributed by atoms with Gasteiger partial charge in [0.2, 0.25) is 5.88 Å². The summed E-state index contributed by atoms with van der Waals surface area (Å²) in [5.74, 6) is 0.451. The van der Waals surface area contributed by atoms with Crippen molar-refractivity contribution in [3.63, 3.8) is 0 Å². The van der Waals surface area contributed by atoms with E-state index < -0.39 is 0 Å². The van der Waals surface area contributed by atoms with Gasteiger partial charge in [-0.05, 0) is 62.5 Å². The third kappa shape index (κ3) is 2.84. The summed E-state index contributed by atoms with van der Waals surface area (Å²) < 4.78 is 20.1. The Balaban J connectivity index is 2.38. The Labute approximate surface area is 115 Å². The van der Waals surface area contributed by atoms with E-state index in [0.717, 1.165) is 10.0 Å². The highest BCUT2D eigenvalue weighted by molar-refractivity contribution is 9.11. The zero-order valence-electron chi connectivity index (χ0n) is 8.88. The van der Waals surface area contributed by atoms with Gasteiger partial charge in [-0.3, -0.25) is 0 Å². The first kappa shape index (κ1) is 12.5. The van der Waals surface area contributed by atoms with Crippen molar-refractivity contribution in [3.8, 4) is 11.6 Å². The van der Waals surface area contributed by atoms with Gasteiger partial charge in [-0.2, -0.15) is 0 Å². The van der Waals surface area contributed by atoms with E-state index in [-0.39, 0.29) is 5.82 Å². The van der Waals surface area contributed by atoms with E-state index in [1.807, 2.05) is 13.0 Å². The number of hydrogen-bond acceptors (Lipinski definition) is 2. The van der Waals surface area contributed by atoms with Crippen LogP contribution < -0.4 is 4.74 Å². The van der Waals surface area contributed by atoms with Crippen molar-refractivity contribution in [1.29, 1.82) is 0 Å². The number of ether oxygens (including phenoxy) is 1. The highest BCUT2D eigenvalue weighted by Gasteiger charge is 2.09. The Bertz CT molecular complexity index is 560. The van der Waals surface area contributed by atoms with Gasteiger partial charge in [-0.15, -0.1) is 0 Å². The van der Waals surface area contributed by atoms with Gasteiger partial charge in [-0.25, -0.2) is 9.37 Å². The Morgan fingerprint density at radius 3 is 2.76 bits per heavy atom. The predicted octanol–water partition coefficient (Wildman–Crippen LogP) is 4.85. The van der Waals surface area contributed by atoms with Crippen LogP contribution >= 0.6 is 31.9 Å². The normalized spacial score (nSPS) is 10.4. The van der Waals surface area contributed by atoms with Gasteiger partial charge in [0.25, 0.3) is 0 Å². The van der Waals surface area contributed by atoms with Crippen LogP contribution in [0.2, 0.25) is 0 Å². The van der Waals surface area contributed by atoms with Crippen LogP contribution in [0.1, 0.15) is 5.56 Å². The standard InChI is InChI=1S/C12H8Br2FNO/c1-7-4-5-16-12(11(7)14)17-10-6-8(15)2-3-9(10)13/h2-6H,1H3. The molecule has 1 aromatic heterocycles. The van der Waals surface area contributed by atoms with E-state index in [1.54, 1.807) is 12.3 Å². The molecule has 0 aliphatic rings. The number of pyridine rings is 1. The minimum atomic E-state index is -0.355. The van der Waals surface area contributed by atoms with Crippen LogP contribution in [0.4, 0.5) is 4.39 Å². The number of halogens is 3. The molecule has 2 rings (SSSR count). The minimum absolute atomic E-state index is 0.355. The van der Waals surface area contributed by atoms with Crippen molar-refractivity contribution < 1.29 is 9.13 Å². The van der Waals surface area contributed by atoms with E-state index in [4.69, 9.17) is 4.74 Å². The Hall–Kier alpha value is -0.940. The summed E-state index contributed by atoms with van der Waals surface area (Å²) in [7, 11) is 0. The van der Waals surface area contributed by atoms with E-state index in [9.17, 15) is 4.39 Å². The molecule has 0 atom stereocenters. The van der Waals surface area contributed by atoms with Crippen LogP contribution in [-0.2, 0) is 0 Å². The number of aromatic nitrogens is 1. The van der Waals surface area contributed by atoms with Crippen molar-refractivity contribution in [1.82, 2.24) is 4.98 Å².